The minimum Gasteiger partial charge on any atom is -0.481 e. The monoisotopic (exact) mass is 362 g/mol. The Balaban J connectivity index is 2.92. The number of carbonyl (C=O) groups excluding carboxylic acids is 2. The molecule has 3 N–H and O–H groups in total. The van der Waals surface area contributed by atoms with Crippen molar-refractivity contribution in [1.29, 1.82) is 0 Å². The van der Waals surface area contributed by atoms with E-state index in [1.54, 1.807) is 18.2 Å². The first-order chi connectivity index (χ1) is 12.1. The molecule has 0 aliphatic heterocycles. The van der Waals surface area contributed by atoms with Crippen molar-refractivity contribution in [3.05, 3.63) is 29.3 Å². The van der Waals surface area contributed by atoms with E-state index in [1.807, 2.05) is 34.6 Å². The van der Waals surface area contributed by atoms with E-state index in [2.05, 4.69) is 10.6 Å². The highest BCUT2D eigenvalue weighted by molar-refractivity contribution is 5.97. The molecule has 0 fully saturated rings. The number of nitrogens with one attached hydrogen (secondary N) is 2. The third-order valence-electron chi connectivity index (χ3n) is 4.58. The molecule has 1 rings (SSSR count). The van der Waals surface area contributed by atoms with Gasteiger partial charge in [0.05, 0.1) is 12.0 Å². The molecule has 0 saturated heterocycles. The normalized spacial score (nSPS) is 11.3. The number of carboxylic acids is 1. The molecule has 144 valence electrons. The van der Waals surface area contributed by atoms with Crippen LogP contribution in [-0.2, 0) is 9.59 Å². The Morgan fingerprint density at radius 1 is 1.15 bits per heavy atom. The number of hydrogen-bond donors (Lipinski definition) is 3. The van der Waals surface area contributed by atoms with Crippen molar-refractivity contribution >= 4 is 23.5 Å². The number of hydrogen-bond acceptors (Lipinski definition) is 3. The van der Waals surface area contributed by atoms with Gasteiger partial charge < -0.3 is 15.7 Å². The maximum absolute atomic E-state index is 12.6. The SMILES string of the molecule is CCC(CC)(CC(=O)O)NC(=O)c1ccc(NC(=O)CC(C)C)c(C)c1. The van der Waals surface area contributed by atoms with Crippen molar-refractivity contribution in [3.8, 4) is 0 Å². The number of aryl methyl sites for hydroxylation is 1. The summed E-state index contributed by atoms with van der Waals surface area (Å²) in [6.07, 6.45) is 1.38. The highest BCUT2D eigenvalue weighted by atomic mass is 16.4. The standard InChI is InChI=1S/C20H30N2O4/c1-6-20(7-2,12-18(24)25)22-19(26)15-8-9-16(14(5)11-15)21-17(23)10-13(3)4/h8-9,11,13H,6-7,10,12H2,1-5H3,(H,21,23)(H,22,26)(H,24,25). The van der Waals surface area contributed by atoms with Gasteiger partial charge in [0.2, 0.25) is 5.91 Å². The van der Waals surface area contributed by atoms with Gasteiger partial charge in [0, 0.05) is 17.7 Å². The Kier molecular flexibility index (Phi) is 7.80. The Morgan fingerprint density at radius 2 is 1.77 bits per heavy atom. The van der Waals surface area contributed by atoms with Gasteiger partial charge in [-0.05, 0) is 49.4 Å². The minimum atomic E-state index is -0.937. The van der Waals surface area contributed by atoms with Crippen molar-refractivity contribution in [3.63, 3.8) is 0 Å². The summed E-state index contributed by atoms with van der Waals surface area (Å²) >= 11 is 0. The molecule has 0 aliphatic rings. The molecule has 6 heteroatoms. The van der Waals surface area contributed by atoms with Crippen molar-refractivity contribution in [2.45, 2.75) is 65.8 Å². The molecule has 0 unspecified atom stereocenters. The molecule has 0 saturated carbocycles. The zero-order valence-electron chi connectivity index (χ0n) is 16.3. The summed E-state index contributed by atoms with van der Waals surface area (Å²) in [5, 5.41) is 14.9. The van der Waals surface area contributed by atoms with Gasteiger partial charge in [-0.25, -0.2) is 0 Å². The first kappa shape index (κ1) is 21.7. The molecule has 26 heavy (non-hydrogen) atoms. The fourth-order valence-electron chi connectivity index (χ4n) is 2.84. The van der Waals surface area contributed by atoms with E-state index in [-0.39, 0.29) is 24.2 Å². The molecule has 6 nitrogen and oxygen atoms in total. The van der Waals surface area contributed by atoms with E-state index in [9.17, 15) is 14.4 Å². The van der Waals surface area contributed by atoms with Gasteiger partial charge in [0.15, 0.2) is 0 Å². The number of benzene rings is 1. The van der Waals surface area contributed by atoms with Gasteiger partial charge in [-0.1, -0.05) is 27.7 Å². The summed E-state index contributed by atoms with van der Waals surface area (Å²) in [5.41, 5.74) is 1.14. The second kappa shape index (κ2) is 9.36. The Morgan fingerprint density at radius 3 is 2.23 bits per heavy atom. The molecular formula is C20H30N2O4. The molecule has 0 atom stereocenters. The largest absolute Gasteiger partial charge is 0.481 e. The highest BCUT2D eigenvalue weighted by Gasteiger charge is 2.31. The van der Waals surface area contributed by atoms with Crippen LogP contribution in [0, 0.1) is 12.8 Å². The highest BCUT2D eigenvalue weighted by Crippen LogP contribution is 2.22. The summed E-state index contributed by atoms with van der Waals surface area (Å²) < 4.78 is 0. The van der Waals surface area contributed by atoms with Crippen LogP contribution in [0.25, 0.3) is 0 Å². The van der Waals surface area contributed by atoms with E-state index in [0.29, 0.717) is 30.5 Å². The zero-order valence-corrected chi connectivity index (χ0v) is 16.3. The maximum Gasteiger partial charge on any atom is 0.305 e. The summed E-state index contributed by atoms with van der Waals surface area (Å²) in [7, 11) is 0. The average Bonchev–Trinajstić information content (AvgIpc) is 2.54. The van der Waals surface area contributed by atoms with Gasteiger partial charge >= 0.3 is 5.97 Å². The fourth-order valence-corrected chi connectivity index (χ4v) is 2.84. The van der Waals surface area contributed by atoms with Gasteiger partial charge in [-0.2, -0.15) is 0 Å². The summed E-state index contributed by atoms with van der Waals surface area (Å²) in [5.74, 6) is -1.03. The second-order valence-corrected chi connectivity index (χ2v) is 7.19. The summed E-state index contributed by atoms with van der Waals surface area (Å²) in [4.78, 5) is 35.7. The molecule has 1 aromatic rings. The van der Waals surface area contributed by atoms with Crippen LogP contribution in [0.5, 0.6) is 0 Å². The quantitative estimate of drug-likeness (QED) is 0.623. The topological polar surface area (TPSA) is 95.5 Å². The lowest BCUT2D eigenvalue weighted by atomic mass is 9.88. The van der Waals surface area contributed by atoms with Crippen molar-refractivity contribution in [1.82, 2.24) is 5.32 Å². The number of aliphatic carboxylic acids is 1. The number of carbonyl (C=O) groups is 3. The Labute approximate surface area is 155 Å². The van der Waals surface area contributed by atoms with Gasteiger partial charge in [-0.15, -0.1) is 0 Å². The van der Waals surface area contributed by atoms with Crippen molar-refractivity contribution < 1.29 is 19.5 Å². The van der Waals surface area contributed by atoms with Crippen LogP contribution in [0.3, 0.4) is 0 Å². The van der Waals surface area contributed by atoms with Crippen LogP contribution in [0.2, 0.25) is 0 Å². The van der Waals surface area contributed by atoms with Crippen molar-refractivity contribution in [2.24, 2.45) is 5.92 Å². The first-order valence-corrected chi connectivity index (χ1v) is 9.07. The van der Waals surface area contributed by atoms with Crippen LogP contribution in [0.1, 0.15) is 69.3 Å². The van der Waals surface area contributed by atoms with E-state index in [0.717, 1.165) is 5.56 Å². The Hall–Kier alpha value is -2.37. The van der Waals surface area contributed by atoms with E-state index < -0.39 is 11.5 Å². The predicted molar refractivity (Wildman–Crippen MR) is 102 cm³/mol. The zero-order chi connectivity index (χ0) is 19.9. The van der Waals surface area contributed by atoms with Crippen LogP contribution in [0.15, 0.2) is 18.2 Å². The van der Waals surface area contributed by atoms with Crippen LogP contribution < -0.4 is 10.6 Å². The number of anilines is 1. The lowest BCUT2D eigenvalue weighted by molar-refractivity contribution is -0.138. The van der Waals surface area contributed by atoms with E-state index in [1.165, 1.54) is 0 Å². The first-order valence-electron chi connectivity index (χ1n) is 9.07. The summed E-state index contributed by atoms with van der Waals surface area (Å²) in [6, 6.07) is 5.06. The molecule has 0 aliphatic carbocycles. The fraction of sp³-hybridized carbons (Fsp3) is 0.550. The lowest BCUT2D eigenvalue weighted by Gasteiger charge is -2.31. The van der Waals surface area contributed by atoms with E-state index >= 15 is 0 Å². The molecule has 0 spiro atoms. The molecule has 0 heterocycles. The number of amides is 2. The summed E-state index contributed by atoms with van der Waals surface area (Å²) in [6.45, 7) is 9.51. The Bertz CT molecular complexity index is 664. The minimum absolute atomic E-state index is 0.0576. The van der Waals surface area contributed by atoms with Crippen molar-refractivity contribution in [2.75, 3.05) is 5.32 Å². The van der Waals surface area contributed by atoms with Gasteiger partial charge in [0.25, 0.3) is 5.91 Å². The van der Waals surface area contributed by atoms with Crippen LogP contribution in [0.4, 0.5) is 5.69 Å². The molecule has 2 amide bonds. The molecular weight excluding hydrogens is 332 g/mol. The smallest absolute Gasteiger partial charge is 0.305 e. The van der Waals surface area contributed by atoms with Crippen LogP contribution in [-0.4, -0.2) is 28.4 Å². The average molecular weight is 362 g/mol. The molecule has 0 bridgehead atoms. The van der Waals surface area contributed by atoms with Gasteiger partial charge in [-0.3, -0.25) is 14.4 Å². The molecule has 1 aromatic carbocycles. The third-order valence-corrected chi connectivity index (χ3v) is 4.58. The maximum atomic E-state index is 12.6. The van der Waals surface area contributed by atoms with Gasteiger partial charge in [0.1, 0.15) is 0 Å². The molecule has 0 aromatic heterocycles. The second-order valence-electron chi connectivity index (χ2n) is 7.19. The molecule has 0 radical (unpaired) electrons. The number of rotatable bonds is 9. The van der Waals surface area contributed by atoms with E-state index in [4.69, 9.17) is 5.11 Å². The lowest BCUT2D eigenvalue weighted by Crippen LogP contribution is -2.49. The third kappa shape index (κ3) is 6.17. The number of carboxylic acid groups (broad SMARTS) is 1. The van der Waals surface area contributed by atoms with Crippen LogP contribution >= 0.6 is 0 Å². The predicted octanol–water partition coefficient (Wildman–Crippen LogP) is 3.74.